The number of carbonyl (C=O) groups excluding carboxylic acids is 1. The van der Waals surface area contributed by atoms with Gasteiger partial charge in [-0.1, -0.05) is 5.18 Å². The molecule has 1 aliphatic heterocycles. The van der Waals surface area contributed by atoms with E-state index in [4.69, 9.17) is 4.74 Å². The fourth-order valence-corrected chi connectivity index (χ4v) is 1.98. The lowest BCUT2D eigenvalue weighted by molar-refractivity contribution is 0.0177. The van der Waals surface area contributed by atoms with Crippen molar-refractivity contribution < 1.29 is 9.53 Å². The number of hydrogen-bond acceptors (Lipinski definition) is 4. The highest BCUT2D eigenvalue weighted by atomic mass is 16.6. The minimum absolute atomic E-state index is 0.157. The maximum atomic E-state index is 11.8. The lowest BCUT2D eigenvalue weighted by atomic mass is 9.91. The van der Waals surface area contributed by atoms with E-state index < -0.39 is 5.60 Å². The molecule has 5 nitrogen and oxygen atoms in total. The molecule has 0 bridgehead atoms. The van der Waals surface area contributed by atoms with E-state index in [9.17, 15) is 9.70 Å². The van der Waals surface area contributed by atoms with Crippen LogP contribution >= 0.6 is 0 Å². The smallest absolute Gasteiger partial charge is 0.410 e. The van der Waals surface area contributed by atoms with E-state index in [1.807, 2.05) is 27.7 Å². The third kappa shape index (κ3) is 4.32. The van der Waals surface area contributed by atoms with Crippen LogP contribution in [0, 0.1) is 10.8 Å². The third-order valence-electron chi connectivity index (χ3n) is 3.04. The van der Waals surface area contributed by atoms with E-state index in [0.717, 1.165) is 12.8 Å². The Balaban J connectivity index is 2.41. The molecular formula is C12H22N2O3. The highest BCUT2D eigenvalue weighted by molar-refractivity contribution is 5.68. The standard InChI is InChI=1S/C12H22N2O3/c1-9(13-16)10-5-7-14(8-6-10)11(15)17-12(2,3)4/h9-10H,5-8H2,1-4H3. The van der Waals surface area contributed by atoms with Crippen LogP contribution in [0.15, 0.2) is 5.18 Å². The second kappa shape index (κ2) is 5.47. The maximum Gasteiger partial charge on any atom is 0.410 e. The summed E-state index contributed by atoms with van der Waals surface area (Å²) in [4.78, 5) is 23.9. The summed E-state index contributed by atoms with van der Waals surface area (Å²) in [5.41, 5.74) is -0.453. The molecule has 5 heteroatoms. The van der Waals surface area contributed by atoms with Crippen molar-refractivity contribution in [1.29, 1.82) is 0 Å². The van der Waals surface area contributed by atoms with E-state index in [0.29, 0.717) is 19.0 Å². The number of amides is 1. The quantitative estimate of drug-likeness (QED) is 0.699. The van der Waals surface area contributed by atoms with Crippen LogP contribution in [-0.2, 0) is 4.74 Å². The molecule has 0 aromatic rings. The molecule has 0 aromatic carbocycles. The molecule has 0 N–H and O–H groups in total. The molecule has 0 aliphatic carbocycles. The molecular weight excluding hydrogens is 220 g/mol. The van der Waals surface area contributed by atoms with Gasteiger partial charge in [-0.25, -0.2) is 4.79 Å². The summed E-state index contributed by atoms with van der Waals surface area (Å²) < 4.78 is 5.30. The van der Waals surface area contributed by atoms with Crippen LogP contribution in [0.25, 0.3) is 0 Å². The number of likely N-dealkylation sites (tertiary alicyclic amines) is 1. The van der Waals surface area contributed by atoms with Crippen molar-refractivity contribution in [3.63, 3.8) is 0 Å². The Morgan fingerprint density at radius 3 is 2.29 bits per heavy atom. The molecule has 0 spiro atoms. The number of rotatable bonds is 2. The first-order chi connectivity index (χ1) is 7.83. The number of nitrogens with zero attached hydrogens (tertiary/aromatic N) is 2. The minimum Gasteiger partial charge on any atom is -0.444 e. The van der Waals surface area contributed by atoms with E-state index >= 15 is 0 Å². The van der Waals surface area contributed by atoms with Crippen molar-refractivity contribution in [1.82, 2.24) is 4.90 Å². The van der Waals surface area contributed by atoms with Gasteiger partial charge in [0.05, 0.1) is 6.04 Å². The van der Waals surface area contributed by atoms with Gasteiger partial charge in [0.15, 0.2) is 0 Å². The van der Waals surface area contributed by atoms with Gasteiger partial charge in [0.25, 0.3) is 0 Å². The molecule has 1 fully saturated rings. The summed E-state index contributed by atoms with van der Waals surface area (Å²) in [7, 11) is 0. The Morgan fingerprint density at radius 2 is 1.88 bits per heavy atom. The van der Waals surface area contributed by atoms with Crippen molar-refractivity contribution in [2.45, 2.75) is 52.2 Å². The van der Waals surface area contributed by atoms with Crippen LogP contribution < -0.4 is 0 Å². The molecule has 98 valence electrons. The molecule has 1 saturated heterocycles. The summed E-state index contributed by atoms with van der Waals surface area (Å²) in [5, 5.41) is 3.06. The van der Waals surface area contributed by atoms with Crippen LogP contribution in [0.4, 0.5) is 4.79 Å². The monoisotopic (exact) mass is 242 g/mol. The Hall–Kier alpha value is -1.13. The fourth-order valence-electron chi connectivity index (χ4n) is 1.98. The van der Waals surface area contributed by atoms with Gasteiger partial charge < -0.3 is 9.64 Å². The van der Waals surface area contributed by atoms with Crippen molar-refractivity contribution >= 4 is 6.09 Å². The minimum atomic E-state index is -0.453. The Kier molecular flexibility index (Phi) is 4.48. The zero-order chi connectivity index (χ0) is 13.1. The molecule has 0 aromatic heterocycles. The molecule has 0 saturated carbocycles. The molecule has 0 radical (unpaired) electrons. The Morgan fingerprint density at radius 1 is 1.35 bits per heavy atom. The topological polar surface area (TPSA) is 59.0 Å². The van der Waals surface area contributed by atoms with Gasteiger partial charge >= 0.3 is 6.09 Å². The van der Waals surface area contributed by atoms with E-state index in [1.54, 1.807) is 4.90 Å². The van der Waals surface area contributed by atoms with Gasteiger partial charge in [0, 0.05) is 13.1 Å². The van der Waals surface area contributed by atoms with Crippen LogP contribution in [-0.4, -0.2) is 35.7 Å². The first kappa shape index (κ1) is 13.9. The third-order valence-corrected chi connectivity index (χ3v) is 3.04. The first-order valence-corrected chi connectivity index (χ1v) is 6.14. The largest absolute Gasteiger partial charge is 0.444 e. The number of hydrogen-bond donors (Lipinski definition) is 0. The summed E-state index contributed by atoms with van der Waals surface area (Å²) in [6, 6.07) is -0.157. The van der Waals surface area contributed by atoms with E-state index in [1.165, 1.54) is 0 Å². The number of nitroso groups, excluding NO2 is 1. The summed E-state index contributed by atoms with van der Waals surface area (Å²) in [6.45, 7) is 8.71. The number of piperidine rings is 1. The summed E-state index contributed by atoms with van der Waals surface area (Å²) in [5.74, 6) is 0.297. The molecule has 1 rings (SSSR count). The molecule has 1 amide bonds. The molecule has 1 heterocycles. The lowest BCUT2D eigenvalue weighted by Crippen LogP contribution is -2.43. The van der Waals surface area contributed by atoms with Crippen LogP contribution in [0.3, 0.4) is 0 Å². The molecule has 1 unspecified atom stereocenters. The predicted molar refractivity (Wildman–Crippen MR) is 65.8 cm³/mol. The van der Waals surface area contributed by atoms with Crippen LogP contribution in [0.1, 0.15) is 40.5 Å². The molecule has 1 aliphatic rings. The van der Waals surface area contributed by atoms with Gasteiger partial charge in [-0.3, -0.25) is 0 Å². The first-order valence-electron chi connectivity index (χ1n) is 6.14. The summed E-state index contributed by atoms with van der Waals surface area (Å²) >= 11 is 0. The zero-order valence-electron chi connectivity index (χ0n) is 11.1. The van der Waals surface area contributed by atoms with E-state index in [2.05, 4.69) is 5.18 Å². The highest BCUT2D eigenvalue weighted by Crippen LogP contribution is 2.23. The fraction of sp³-hybridized carbons (Fsp3) is 0.917. The Labute approximate surface area is 102 Å². The lowest BCUT2D eigenvalue weighted by Gasteiger charge is -2.34. The molecule has 17 heavy (non-hydrogen) atoms. The van der Waals surface area contributed by atoms with Gasteiger partial charge in [0.1, 0.15) is 5.60 Å². The van der Waals surface area contributed by atoms with Crippen molar-refractivity contribution in [3.05, 3.63) is 4.91 Å². The van der Waals surface area contributed by atoms with E-state index in [-0.39, 0.29) is 12.1 Å². The zero-order valence-corrected chi connectivity index (χ0v) is 11.1. The number of carbonyl (C=O) groups is 1. The second-order valence-corrected chi connectivity index (χ2v) is 5.65. The predicted octanol–water partition coefficient (Wildman–Crippen LogP) is 2.79. The van der Waals surface area contributed by atoms with Crippen LogP contribution in [0.5, 0.6) is 0 Å². The SMILES string of the molecule is CC(N=O)C1CCN(C(=O)OC(C)(C)C)CC1. The van der Waals surface area contributed by atoms with Gasteiger partial charge in [-0.2, -0.15) is 4.91 Å². The highest BCUT2D eigenvalue weighted by Gasteiger charge is 2.29. The molecule has 1 atom stereocenters. The number of ether oxygens (including phenoxy) is 1. The van der Waals surface area contributed by atoms with Gasteiger partial charge in [-0.05, 0) is 46.5 Å². The van der Waals surface area contributed by atoms with Crippen LogP contribution in [0.2, 0.25) is 0 Å². The second-order valence-electron chi connectivity index (χ2n) is 5.65. The van der Waals surface area contributed by atoms with Gasteiger partial charge in [0.2, 0.25) is 0 Å². The van der Waals surface area contributed by atoms with Gasteiger partial charge in [-0.15, -0.1) is 0 Å². The average molecular weight is 242 g/mol. The maximum absolute atomic E-state index is 11.8. The van der Waals surface area contributed by atoms with Crippen molar-refractivity contribution in [2.24, 2.45) is 11.1 Å². The average Bonchev–Trinajstić information content (AvgIpc) is 2.26. The van der Waals surface area contributed by atoms with Crippen molar-refractivity contribution in [2.75, 3.05) is 13.1 Å². The normalized spacial score (nSPS) is 19.9. The Bertz CT molecular complexity index is 278. The van der Waals surface area contributed by atoms with Crippen molar-refractivity contribution in [3.8, 4) is 0 Å². The summed E-state index contributed by atoms with van der Waals surface area (Å²) in [6.07, 6.45) is 1.39.